The van der Waals surface area contributed by atoms with E-state index in [1.54, 1.807) is 20.8 Å². The molecule has 0 aromatic carbocycles. The number of halogens is 1. The normalized spacial score (nSPS) is 28.8. The third-order valence-corrected chi connectivity index (χ3v) is 8.17. The van der Waals surface area contributed by atoms with Crippen molar-refractivity contribution >= 4 is 7.60 Å². The van der Waals surface area contributed by atoms with E-state index in [4.69, 9.17) is 9.26 Å². The molecule has 32 heavy (non-hydrogen) atoms. The van der Waals surface area contributed by atoms with Gasteiger partial charge in [-0.05, 0) is 46.5 Å². The number of alkyl halides is 1. The van der Waals surface area contributed by atoms with Crippen molar-refractivity contribution in [3.63, 3.8) is 0 Å². The molecule has 2 heterocycles. The van der Waals surface area contributed by atoms with Gasteiger partial charge in [-0.15, -0.1) is 0 Å². The fourth-order valence-corrected chi connectivity index (χ4v) is 4.76. The summed E-state index contributed by atoms with van der Waals surface area (Å²) in [7, 11) is -4.47. The van der Waals surface area contributed by atoms with E-state index in [2.05, 4.69) is 21.8 Å². The number of ether oxygens (including phenoxy) is 1. The smallest absolute Gasteiger partial charge is 0.359 e. The van der Waals surface area contributed by atoms with Gasteiger partial charge in [0.15, 0.2) is 11.5 Å². The Hall–Kier alpha value is -1.60. The lowest BCUT2D eigenvalue weighted by Gasteiger charge is -2.37. The van der Waals surface area contributed by atoms with Gasteiger partial charge in [0.25, 0.3) is 5.56 Å². The molecule has 1 aliphatic heterocycles. The number of hydrogen-bond acceptors (Lipinski definition) is 7. The highest BCUT2D eigenvalue weighted by Gasteiger charge is 2.51. The molecule has 11 heteroatoms. The number of nitrogens with one attached hydrogen (secondary N) is 1. The number of aryl methyl sites for hydroxylation is 1. The number of H-pyrrole nitrogens is 1. The third-order valence-electron chi connectivity index (χ3n) is 5.95. The molecule has 2 rings (SSSR count). The highest BCUT2D eigenvalue weighted by Crippen LogP contribution is 2.59. The maximum absolute atomic E-state index is 15.1. The second-order valence-electron chi connectivity index (χ2n) is 8.51. The molecule has 0 aliphatic carbocycles. The molecule has 0 radical (unpaired) electrons. The summed E-state index contributed by atoms with van der Waals surface area (Å²) in [6, 6.07) is 0. The van der Waals surface area contributed by atoms with Crippen LogP contribution in [0, 0.1) is 18.8 Å². The van der Waals surface area contributed by atoms with E-state index in [9.17, 15) is 24.5 Å². The van der Waals surface area contributed by atoms with Gasteiger partial charge in [0, 0.05) is 6.42 Å². The molecule has 1 saturated heterocycles. The minimum Gasteiger partial charge on any atom is -0.387 e. The van der Waals surface area contributed by atoms with Gasteiger partial charge < -0.3 is 29.4 Å². The Morgan fingerprint density at radius 2 is 1.97 bits per heavy atom. The van der Waals surface area contributed by atoms with Crippen LogP contribution in [0.2, 0.25) is 0 Å². The summed E-state index contributed by atoms with van der Waals surface area (Å²) in [6.45, 7) is 9.00. The van der Waals surface area contributed by atoms with Crippen LogP contribution >= 0.6 is 7.60 Å². The fourth-order valence-electron chi connectivity index (χ4n) is 3.36. The predicted molar refractivity (Wildman–Crippen MR) is 116 cm³/mol. The molecular formula is C21H32FN2O7P. The standard InChI is InChI=1S/C21H32FN2O7P/c1-7-10-13-16(23-12(4)19(26)24-13)18-15(22)17(25)14(30-18)11-20(5,8-2)31-32(28,29)21(6,27)9-3/h14-15,17-18,25,27H,8-9,11H2,1-6H3,(H,24,26)(H,28,29). The van der Waals surface area contributed by atoms with E-state index < -0.39 is 48.6 Å². The van der Waals surface area contributed by atoms with Gasteiger partial charge in [-0.1, -0.05) is 19.8 Å². The number of aromatic nitrogens is 2. The monoisotopic (exact) mass is 474 g/mol. The van der Waals surface area contributed by atoms with Crippen molar-refractivity contribution in [1.82, 2.24) is 9.97 Å². The summed E-state index contributed by atoms with van der Waals surface area (Å²) >= 11 is 0. The Balaban J connectivity index is 2.34. The lowest BCUT2D eigenvalue weighted by Crippen LogP contribution is -2.39. The summed E-state index contributed by atoms with van der Waals surface area (Å²) in [6.07, 6.45) is -5.76. The van der Waals surface area contributed by atoms with Gasteiger partial charge in [-0.25, -0.2) is 9.37 Å². The molecule has 180 valence electrons. The molecule has 7 atom stereocenters. The minimum atomic E-state index is -4.47. The highest BCUT2D eigenvalue weighted by atomic mass is 31.2. The molecule has 1 aromatic heterocycles. The Bertz CT molecular complexity index is 1000. The van der Waals surface area contributed by atoms with Crippen molar-refractivity contribution in [3.05, 3.63) is 27.4 Å². The van der Waals surface area contributed by atoms with Gasteiger partial charge in [-0.3, -0.25) is 9.36 Å². The molecule has 0 saturated carbocycles. The molecule has 7 unspecified atom stereocenters. The third kappa shape index (κ3) is 5.30. The van der Waals surface area contributed by atoms with Gasteiger partial charge in [0.2, 0.25) is 0 Å². The lowest BCUT2D eigenvalue weighted by atomic mass is 9.92. The van der Waals surface area contributed by atoms with Gasteiger partial charge in [-0.2, -0.15) is 0 Å². The topological polar surface area (TPSA) is 142 Å². The number of rotatable bonds is 8. The van der Waals surface area contributed by atoms with Gasteiger partial charge in [0.05, 0.1) is 11.7 Å². The maximum Gasteiger partial charge on any atom is 0.359 e. The number of nitrogens with zero attached hydrogens (tertiary/aromatic N) is 1. The molecule has 0 spiro atoms. The maximum atomic E-state index is 15.1. The summed E-state index contributed by atoms with van der Waals surface area (Å²) in [4.78, 5) is 28.9. The summed E-state index contributed by atoms with van der Waals surface area (Å²) in [5.41, 5.74) is -1.52. The molecule has 1 aromatic rings. The Labute approximate surface area is 186 Å². The highest BCUT2D eigenvalue weighted by molar-refractivity contribution is 7.54. The number of aromatic amines is 1. The van der Waals surface area contributed by atoms with Gasteiger partial charge in [0.1, 0.15) is 29.3 Å². The van der Waals surface area contributed by atoms with Crippen molar-refractivity contribution in [2.45, 2.75) is 96.2 Å². The Morgan fingerprint density at radius 3 is 2.50 bits per heavy atom. The zero-order valence-corrected chi connectivity index (χ0v) is 20.1. The van der Waals surface area contributed by atoms with Crippen LogP contribution in [-0.4, -0.2) is 54.4 Å². The quantitative estimate of drug-likeness (QED) is 0.333. The van der Waals surface area contributed by atoms with Crippen molar-refractivity contribution < 1.29 is 33.3 Å². The second kappa shape index (κ2) is 9.72. The van der Waals surface area contributed by atoms with Crippen LogP contribution in [0.15, 0.2) is 4.79 Å². The predicted octanol–water partition coefficient (Wildman–Crippen LogP) is 2.47. The minimum absolute atomic E-state index is 0.0176. The van der Waals surface area contributed by atoms with Crippen LogP contribution in [0.1, 0.15) is 77.1 Å². The average molecular weight is 474 g/mol. The van der Waals surface area contributed by atoms with E-state index >= 15 is 4.39 Å². The zero-order chi connectivity index (χ0) is 24.5. The van der Waals surface area contributed by atoms with E-state index in [1.807, 2.05) is 0 Å². The lowest BCUT2D eigenvalue weighted by molar-refractivity contribution is -0.0538. The van der Waals surface area contributed by atoms with Crippen molar-refractivity contribution in [3.8, 4) is 11.8 Å². The average Bonchev–Trinajstić information content (AvgIpc) is 2.98. The number of aliphatic hydroxyl groups excluding tert-OH is 1. The summed E-state index contributed by atoms with van der Waals surface area (Å²) in [5.74, 6) is 5.29. The largest absolute Gasteiger partial charge is 0.387 e. The molecule has 9 nitrogen and oxygen atoms in total. The molecule has 0 amide bonds. The number of hydrogen-bond donors (Lipinski definition) is 4. The first kappa shape index (κ1) is 26.7. The first-order valence-electron chi connectivity index (χ1n) is 10.5. The van der Waals surface area contributed by atoms with E-state index in [0.29, 0.717) is 0 Å². The fraction of sp³-hybridized carbons (Fsp3) is 0.714. The molecular weight excluding hydrogens is 442 g/mol. The van der Waals surface area contributed by atoms with Crippen LogP contribution < -0.4 is 5.56 Å². The second-order valence-corrected chi connectivity index (χ2v) is 10.7. The van der Waals surface area contributed by atoms with Crippen LogP contribution in [0.5, 0.6) is 0 Å². The van der Waals surface area contributed by atoms with E-state index in [-0.39, 0.29) is 36.3 Å². The van der Waals surface area contributed by atoms with Crippen LogP contribution in [0.25, 0.3) is 0 Å². The summed E-state index contributed by atoms with van der Waals surface area (Å²) in [5, 5.41) is 18.8. The zero-order valence-electron chi connectivity index (χ0n) is 19.2. The van der Waals surface area contributed by atoms with Crippen LogP contribution in [-0.2, 0) is 13.8 Å². The first-order valence-corrected chi connectivity index (χ1v) is 12.1. The Kier molecular flexibility index (Phi) is 8.09. The van der Waals surface area contributed by atoms with Gasteiger partial charge >= 0.3 is 7.60 Å². The molecule has 1 fully saturated rings. The van der Waals surface area contributed by atoms with E-state index in [0.717, 1.165) is 0 Å². The summed E-state index contributed by atoms with van der Waals surface area (Å²) < 4.78 is 39.0. The SMILES string of the molecule is CC#Cc1[nH]c(=O)c(C)nc1C1OC(CC(C)(CC)OP(=O)(O)C(C)(O)CC)C(O)C1F. The van der Waals surface area contributed by atoms with Crippen LogP contribution in [0.3, 0.4) is 0 Å². The molecule has 4 N–H and O–H groups in total. The van der Waals surface area contributed by atoms with Crippen LogP contribution in [0.4, 0.5) is 4.39 Å². The molecule has 0 bridgehead atoms. The van der Waals surface area contributed by atoms with Crippen molar-refractivity contribution in [2.75, 3.05) is 0 Å². The van der Waals surface area contributed by atoms with Crippen molar-refractivity contribution in [1.29, 1.82) is 0 Å². The Morgan fingerprint density at radius 1 is 1.34 bits per heavy atom. The first-order chi connectivity index (χ1) is 14.7. The number of aliphatic hydroxyl groups is 2. The molecule has 1 aliphatic rings. The van der Waals surface area contributed by atoms with Crippen molar-refractivity contribution in [2.24, 2.45) is 0 Å². The van der Waals surface area contributed by atoms with E-state index in [1.165, 1.54) is 20.8 Å².